The molecule has 2 aromatic rings. The molecule has 2 aromatic carbocycles. The third kappa shape index (κ3) is 3.73. The molecule has 28 heavy (non-hydrogen) atoms. The molecule has 0 heterocycles. The molecule has 0 fully saturated rings. The normalized spacial score (nSPS) is 13.9. The number of hydrogen-bond donors (Lipinski definition) is 2. The van der Waals surface area contributed by atoms with Gasteiger partial charge >= 0.3 is 5.97 Å². The number of fused-ring (bicyclic) bond motifs is 1. The van der Waals surface area contributed by atoms with E-state index in [1.807, 2.05) is 37.3 Å². The maximum Gasteiger partial charge on any atom is 0.306 e. The number of hydrazine groups is 1. The second-order valence-electron chi connectivity index (χ2n) is 7.22. The Labute approximate surface area is 165 Å². The lowest BCUT2D eigenvalue weighted by Gasteiger charge is -2.24. The molecule has 148 valence electrons. The van der Waals surface area contributed by atoms with E-state index in [0.29, 0.717) is 18.7 Å². The van der Waals surface area contributed by atoms with Gasteiger partial charge in [-0.1, -0.05) is 18.2 Å². The molecule has 6 heteroatoms. The molecule has 0 radical (unpaired) electrons. The number of anilines is 2. The first-order valence-electron chi connectivity index (χ1n) is 9.52. The van der Waals surface area contributed by atoms with Crippen LogP contribution in [0.5, 0.6) is 0 Å². The topological polar surface area (TPSA) is 98.7 Å². The largest absolute Gasteiger partial charge is 0.466 e. The minimum absolute atomic E-state index is 0.156. The van der Waals surface area contributed by atoms with Crippen molar-refractivity contribution in [2.75, 3.05) is 24.4 Å². The van der Waals surface area contributed by atoms with E-state index >= 15 is 0 Å². The highest BCUT2D eigenvalue weighted by Crippen LogP contribution is 2.37. The molecule has 0 bridgehead atoms. The van der Waals surface area contributed by atoms with Crippen LogP contribution >= 0.6 is 0 Å². The van der Waals surface area contributed by atoms with Crippen molar-refractivity contribution in [2.45, 2.75) is 39.0 Å². The van der Waals surface area contributed by atoms with Gasteiger partial charge in [-0.2, -0.15) is 0 Å². The minimum atomic E-state index is -0.280. The Hall–Kier alpha value is -2.86. The van der Waals surface area contributed by atoms with E-state index < -0.39 is 0 Å². The maximum atomic E-state index is 12.3. The van der Waals surface area contributed by atoms with Crippen LogP contribution in [0.4, 0.5) is 11.4 Å². The number of nitrogens with zero attached hydrogens (tertiary/aromatic N) is 1. The van der Waals surface area contributed by atoms with Crippen molar-refractivity contribution in [3.8, 4) is 0 Å². The zero-order valence-electron chi connectivity index (χ0n) is 16.6. The summed E-state index contributed by atoms with van der Waals surface area (Å²) in [4.78, 5) is 24.5. The van der Waals surface area contributed by atoms with Crippen LogP contribution in [0.25, 0.3) is 0 Å². The Kier molecular flexibility index (Phi) is 5.70. The lowest BCUT2D eigenvalue weighted by Crippen LogP contribution is -2.26. The number of Topliss-reactive ketones (excluding diaryl/α,β-unsaturated/α-hetero) is 1. The molecule has 6 nitrogen and oxygen atoms in total. The highest BCUT2D eigenvalue weighted by molar-refractivity contribution is 6.00. The third-order valence-corrected chi connectivity index (χ3v) is 5.42. The summed E-state index contributed by atoms with van der Waals surface area (Å²) in [5, 5.41) is 1.47. The number of rotatable bonds is 6. The number of carbonyl (C=O) groups excluding carboxylic acids is 2. The molecule has 0 aliphatic heterocycles. The molecule has 1 aliphatic rings. The lowest BCUT2D eigenvalue weighted by molar-refractivity contribution is -0.143. The average Bonchev–Trinajstić information content (AvgIpc) is 3.02. The molecule has 1 unspecified atom stereocenters. The number of aryl methyl sites for hydroxylation is 1. The van der Waals surface area contributed by atoms with Gasteiger partial charge in [-0.15, -0.1) is 0 Å². The monoisotopic (exact) mass is 381 g/mol. The lowest BCUT2D eigenvalue weighted by atomic mass is 9.84. The van der Waals surface area contributed by atoms with Gasteiger partial charge in [-0.05, 0) is 54.7 Å². The first-order valence-corrected chi connectivity index (χ1v) is 9.52. The van der Waals surface area contributed by atoms with E-state index in [4.69, 9.17) is 16.3 Å². The molecule has 1 aliphatic carbocycles. The van der Waals surface area contributed by atoms with E-state index in [2.05, 4.69) is 0 Å². The van der Waals surface area contributed by atoms with Crippen LogP contribution in [0.3, 0.4) is 0 Å². The summed E-state index contributed by atoms with van der Waals surface area (Å²) in [6, 6.07) is 9.72. The number of nitrogen functional groups attached to an aromatic ring is 1. The minimum Gasteiger partial charge on any atom is -0.466 e. The van der Waals surface area contributed by atoms with Gasteiger partial charge in [0.1, 0.15) is 0 Å². The SMILES string of the molecule is CCOC(=O)CC(c1ccc2c(c1)C(=O)CC2)c1ccc(N(C)N)c(N)c1C. The van der Waals surface area contributed by atoms with Crippen molar-refractivity contribution in [1.29, 1.82) is 0 Å². The Bertz CT molecular complexity index is 921. The number of carbonyl (C=O) groups is 2. The average molecular weight is 381 g/mol. The fourth-order valence-corrected chi connectivity index (χ4v) is 3.88. The summed E-state index contributed by atoms with van der Waals surface area (Å²) < 4.78 is 5.20. The summed E-state index contributed by atoms with van der Waals surface area (Å²) in [5.74, 6) is 5.48. The molecular formula is C22H27N3O3. The van der Waals surface area contributed by atoms with E-state index in [-0.39, 0.29) is 24.1 Å². The predicted molar refractivity (Wildman–Crippen MR) is 110 cm³/mol. The number of ketones is 1. The third-order valence-electron chi connectivity index (χ3n) is 5.42. The van der Waals surface area contributed by atoms with Crippen LogP contribution < -0.4 is 16.6 Å². The zero-order valence-corrected chi connectivity index (χ0v) is 16.6. The van der Waals surface area contributed by atoms with Crippen LogP contribution in [-0.4, -0.2) is 25.4 Å². The highest BCUT2D eigenvalue weighted by Gasteiger charge is 2.26. The molecular weight excluding hydrogens is 354 g/mol. The van der Waals surface area contributed by atoms with Crippen LogP contribution in [-0.2, 0) is 16.0 Å². The van der Waals surface area contributed by atoms with E-state index in [1.54, 1.807) is 14.0 Å². The van der Waals surface area contributed by atoms with Gasteiger partial charge in [0.15, 0.2) is 5.78 Å². The van der Waals surface area contributed by atoms with Gasteiger partial charge in [0.25, 0.3) is 0 Å². The quantitative estimate of drug-likeness (QED) is 0.345. The van der Waals surface area contributed by atoms with E-state index in [0.717, 1.165) is 39.9 Å². The molecule has 4 N–H and O–H groups in total. The van der Waals surface area contributed by atoms with Crippen molar-refractivity contribution in [1.82, 2.24) is 0 Å². The fraction of sp³-hybridized carbons (Fsp3) is 0.364. The van der Waals surface area contributed by atoms with Crippen molar-refractivity contribution < 1.29 is 14.3 Å². The number of ether oxygens (including phenoxy) is 1. The van der Waals surface area contributed by atoms with Crippen molar-refractivity contribution in [3.63, 3.8) is 0 Å². The second kappa shape index (κ2) is 8.02. The summed E-state index contributed by atoms with van der Waals surface area (Å²) in [6.45, 7) is 4.04. The van der Waals surface area contributed by atoms with Crippen molar-refractivity contribution in [2.24, 2.45) is 5.84 Å². The van der Waals surface area contributed by atoms with Crippen molar-refractivity contribution in [3.05, 3.63) is 58.1 Å². The summed E-state index contributed by atoms with van der Waals surface area (Å²) in [6.07, 6.45) is 1.50. The number of esters is 1. The maximum absolute atomic E-state index is 12.3. The van der Waals surface area contributed by atoms with E-state index in [1.165, 1.54) is 5.01 Å². The number of benzene rings is 2. The van der Waals surface area contributed by atoms with E-state index in [9.17, 15) is 9.59 Å². The van der Waals surface area contributed by atoms with Gasteiger partial charge in [0.2, 0.25) is 0 Å². The predicted octanol–water partition coefficient (Wildman–Crippen LogP) is 3.10. The molecule has 0 amide bonds. The van der Waals surface area contributed by atoms with Gasteiger partial charge in [0, 0.05) is 24.9 Å². The Morgan fingerprint density at radius 3 is 2.68 bits per heavy atom. The van der Waals surface area contributed by atoms with Crippen molar-refractivity contribution >= 4 is 23.1 Å². The van der Waals surface area contributed by atoms with Gasteiger partial charge in [-0.3, -0.25) is 9.59 Å². The van der Waals surface area contributed by atoms with Gasteiger partial charge < -0.3 is 15.5 Å². The summed E-state index contributed by atoms with van der Waals surface area (Å²) >= 11 is 0. The Balaban J connectivity index is 2.08. The molecule has 0 saturated heterocycles. The highest BCUT2D eigenvalue weighted by atomic mass is 16.5. The molecule has 0 aromatic heterocycles. The standard InChI is InChI=1S/C22H27N3O3/c1-4-28-21(27)12-17(15-6-5-14-7-10-20(26)18(14)11-15)16-8-9-19(25(3)24)22(23)13(16)2/h5-6,8-9,11,17H,4,7,10,12,23-24H2,1-3H3. The zero-order chi connectivity index (χ0) is 20.4. The fourth-order valence-electron chi connectivity index (χ4n) is 3.88. The van der Waals surface area contributed by atoms with Crippen LogP contribution in [0.15, 0.2) is 30.3 Å². The van der Waals surface area contributed by atoms with Crippen LogP contribution in [0, 0.1) is 6.92 Å². The molecule has 1 atom stereocenters. The number of nitrogens with two attached hydrogens (primary N) is 2. The van der Waals surface area contributed by atoms with Crippen LogP contribution in [0.1, 0.15) is 58.3 Å². The van der Waals surface area contributed by atoms with Gasteiger partial charge in [0.05, 0.1) is 24.4 Å². The molecule has 0 spiro atoms. The first kappa shape index (κ1) is 19.9. The first-order chi connectivity index (χ1) is 13.3. The van der Waals surface area contributed by atoms with Gasteiger partial charge in [-0.25, -0.2) is 5.84 Å². The summed E-state index contributed by atoms with van der Waals surface area (Å²) in [7, 11) is 1.73. The smallest absolute Gasteiger partial charge is 0.306 e. The van der Waals surface area contributed by atoms with Crippen LogP contribution in [0.2, 0.25) is 0 Å². The Morgan fingerprint density at radius 2 is 2.00 bits per heavy atom. The Morgan fingerprint density at radius 1 is 1.25 bits per heavy atom. The second-order valence-corrected chi connectivity index (χ2v) is 7.22. The number of hydrogen-bond acceptors (Lipinski definition) is 6. The molecule has 3 rings (SSSR count). The summed E-state index contributed by atoms with van der Waals surface area (Å²) in [5.41, 5.74) is 12.2. The molecule has 0 saturated carbocycles.